The summed E-state index contributed by atoms with van der Waals surface area (Å²) >= 11 is 5.67. The van der Waals surface area contributed by atoms with Crippen molar-refractivity contribution in [3.05, 3.63) is 48.2 Å². The van der Waals surface area contributed by atoms with Crippen LogP contribution in [0.5, 0.6) is 5.75 Å². The van der Waals surface area contributed by atoms with Crippen molar-refractivity contribution in [3.8, 4) is 17.0 Å². The van der Waals surface area contributed by atoms with Crippen molar-refractivity contribution in [2.24, 2.45) is 0 Å². The number of hydrogen-bond donors (Lipinski definition) is 0. The summed E-state index contributed by atoms with van der Waals surface area (Å²) in [5, 5.41) is 0. The highest BCUT2D eigenvalue weighted by atomic mass is 35.5. The summed E-state index contributed by atoms with van der Waals surface area (Å²) in [4.78, 5) is 3.93. The molecule has 7 heteroatoms. The van der Waals surface area contributed by atoms with Gasteiger partial charge in [-0.3, -0.25) is 4.98 Å². The van der Waals surface area contributed by atoms with E-state index in [0.717, 1.165) is 17.3 Å². The molecule has 0 aliphatic rings. The Balaban J connectivity index is 0.00000200. The van der Waals surface area contributed by atoms with Crippen molar-refractivity contribution in [2.45, 2.75) is 12.2 Å². The van der Waals surface area contributed by atoms with Crippen LogP contribution in [0.25, 0.3) is 11.3 Å². The molecule has 0 radical (unpaired) electrons. The number of nitrogens with zero attached hydrogens (tertiary/aromatic N) is 1. The molecule has 1 heterocycles. The first-order chi connectivity index (χ1) is 8.98. The molecule has 0 amide bonds. The molecule has 0 spiro atoms. The maximum absolute atomic E-state index is 12.0. The normalized spacial score (nSPS) is 10.8. The van der Waals surface area contributed by atoms with Crippen LogP contribution < -0.4 is 4.74 Å². The van der Waals surface area contributed by atoms with Gasteiger partial charge in [0.1, 0.15) is 5.75 Å². The van der Waals surface area contributed by atoms with Crippen LogP contribution >= 0.6 is 24.0 Å². The lowest BCUT2D eigenvalue weighted by Crippen LogP contribution is -2.17. The van der Waals surface area contributed by atoms with Gasteiger partial charge in [0.15, 0.2) is 0 Å². The molecule has 2 nitrogen and oxygen atoms in total. The van der Waals surface area contributed by atoms with E-state index in [1.807, 2.05) is 24.3 Å². The smallest absolute Gasteiger partial charge is 0.404 e. The molecule has 0 aliphatic heterocycles. The van der Waals surface area contributed by atoms with E-state index in [4.69, 9.17) is 11.6 Å². The topological polar surface area (TPSA) is 22.1 Å². The third-order valence-corrected chi connectivity index (χ3v) is 2.68. The molecule has 1 aromatic heterocycles. The van der Waals surface area contributed by atoms with Crippen LogP contribution in [0, 0.1) is 0 Å². The standard InChI is InChI=1S/C13H9ClF3NO.ClH/c14-7-9-1-3-10(4-2-9)12-6-5-11(8-18-12)19-13(15,16)17;/h1-6,8H,7H2;1H. The maximum atomic E-state index is 12.0. The van der Waals surface area contributed by atoms with Crippen molar-refractivity contribution in [1.82, 2.24) is 4.98 Å². The van der Waals surface area contributed by atoms with Crippen LogP contribution in [0.4, 0.5) is 13.2 Å². The fraction of sp³-hybridized carbons (Fsp3) is 0.154. The number of aromatic nitrogens is 1. The lowest BCUT2D eigenvalue weighted by atomic mass is 10.1. The number of pyridine rings is 1. The van der Waals surface area contributed by atoms with Gasteiger partial charge in [0.2, 0.25) is 0 Å². The Morgan fingerprint density at radius 3 is 2.15 bits per heavy atom. The minimum absolute atomic E-state index is 0. The Labute approximate surface area is 125 Å². The van der Waals surface area contributed by atoms with Crippen LogP contribution in [0.1, 0.15) is 5.56 Å². The second kappa shape index (κ2) is 6.81. The predicted molar refractivity (Wildman–Crippen MR) is 73.2 cm³/mol. The van der Waals surface area contributed by atoms with Gasteiger partial charge in [-0.1, -0.05) is 24.3 Å². The second-order valence-corrected chi connectivity index (χ2v) is 4.02. The lowest BCUT2D eigenvalue weighted by Gasteiger charge is -2.08. The number of rotatable bonds is 3. The van der Waals surface area contributed by atoms with E-state index < -0.39 is 6.36 Å². The summed E-state index contributed by atoms with van der Waals surface area (Å²) in [6.45, 7) is 0. The molecule has 108 valence electrons. The summed E-state index contributed by atoms with van der Waals surface area (Å²) in [5.74, 6) is 0.0696. The molecule has 20 heavy (non-hydrogen) atoms. The highest BCUT2D eigenvalue weighted by Gasteiger charge is 2.31. The Kier molecular flexibility index (Phi) is 5.65. The van der Waals surface area contributed by atoms with E-state index in [-0.39, 0.29) is 18.2 Å². The Morgan fingerprint density at radius 1 is 1.05 bits per heavy atom. The molecule has 0 aliphatic carbocycles. The van der Waals surface area contributed by atoms with E-state index >= 15 is 0 Å². The number of hydrogen-bond acceptors (Lipinski definition) is 2. The van der Waals surface area contributed by atoms with Gasteiger partial charge in [-0.2, -0.15) is 0 Å². The third-order valence-electron chi connectivity index (χ3n) is 2.37. The summed E-state index contributed by atoms with van der Waals surface area (Å²) < 4.78 is 39.7. The van der Waals surface area contributed by atoms with E-state index in [2.05, 4.69) is 9.72 Å². The summed E-state index contributed by atoms with van der Waals surface area (Å²) in [6.07, 6.45) is -3.66. The molecule has 0 bridgehead atoms. The van der Waals surface area contributed by atoms with Gasteiger partial charge in [0, 0.05) is 11.4 Å². The second-order valence-electron chi connectivity index (χ2n) is 3.76. The van der Waals surface area contributed by atoms with Crippen LogP contribution in [0.3, 0.4) is 0 Å². The molecule has 0 fully saturated rings. The fourth-order valence-electron chi connectivity index (χ4n) is 1.51. The summed E-state index contributed by atoms with van der Waals surface area (Å²) in [5.41, 5.74) is 2.32. The van der Waals surface area contributed by atoms with Crippen molar-refractivity contribution >= 4 is 24.0 Å². The van der Waals surface area contributed by atoms with Crippen LogP contribution in [0.15, 0.2) is 42.6 Å². The zero-order valence-electron chi connectivity index (χ0n) is 10.0. The predicted octanol–water partition coefficient (Wildman–Crippen LogP) is 4.81. The molecule has 0 saturated heterocycles. The monoisotopic (exact) mass is 323 g/mol. The van der Waals surface area contributed by atoms with Crippen LogP contribution in [-0.4, -0.2) is 11.3 Å². The molecule has 2 aromatic rings. The zero-order chi connectivity index (χ0) is 13.9. The van der Waals surface area contributed by atoms with E-state index in [0.29, 0.717) is 11.6 Å². The van der Waals surface area contributed by atoms with Crippen molar-refractivity contribution in [2.75, 3.05) is 0 Å². The largest absolute Gasteiger partial charge is 0.573 e. The molecular formula is C13H10Cl2F3NO. The maximum Gasteiger partial charge on any atom is 0.573 e. The fourth-order valence-corrected chi connectivity index (χ4v) is 1.69. The number of alkyl halides is 4. The molecule has 0 unspecified atom stereocenters. The van der Waals surface area contributed by atoms with Crippen molar-refractivity contribution < 1.29 is 17.9 Å². The molecule has 0 N–H and O–H groups in total. The molecule has 0 saturated carbocycles. The van der Waals surface area contributed by atoms with Gasteiger partial charge in [-0.05, 0) is 17.7 Å². The van der Waals surface area contributed by atoms with Gasteiger partial charge in [0.25, 0.3) is 0 Å². The first-order valence-electron chi connectivity index (χ1n) is 5.35. The average Bonchev–Trinajstić information content (AvgIpc) is 2.38. The quantitative estimate of drug-likeness (QED) is 0.756. The Bertz CT molecular complexity index is 541. The molecule has 0 atom stereocenters. The number of halogens is 5. The van der Waals surface area contributed by atoms with E-state index in [1.165, 1.54) is 12.1 Å². The van der Waals surface area contributed by atoms with Crippen molar-refractivity contribution in [3.63, 3.8) is 0 Å². The first-order valence-corrected chi connectivity index (χ1v) is 5.88. The van der Waals surface area contributed by atoms with Gasteiger partial charge >= 0.3 is 6.36 Å². The average molecular weight is 324 g/mol. The van der Waals surface area contributed by atoms with Gasteiger partial charge in [0.05, 0.1) is 11.9 Å². The lowest BCUT2D eigenvalue weighted by molar-refractivity contribution is -0.274. The van der Waals surface area contributed by atoms with Gasteiger partial charge in [-0.15, -0.1) is 37.2 Å². The minimum atomic E-state index is -4.70. The Morgan fingerprint density at radius 2 is 1.70 bits per heavy atom. The van der Waals surface area contributed by atoms with Crippen molar-refractivity contribution in [1.29, 1.82) is 0 Å². The zero-order valence-corrected chi connectivity index (χ0v) is 11.6. The highest BCUT2D eigenvalue weighted by molar-refractivity contribution is 6.17. The first kappa shape index (κ1) is 16.6. The summed E-state index contributed by atoms with van der Waals surface area (Å²) in [6, 6.07) is 9.99. The number of ether oxygens (including phenoxy) is 1. The highest BCUT2D eigenvalue weighted by Crippen LogP contribution is 2.24. The van der Waals surface area contributed by atoms with E-state index in [9.17, 15) is 13.2 Å². The third kappa shape index (κ3) is 4.58. The summed E-state index contributed by atoms with van der Waals surface area (Å²) in [7, 11) is 0. The molecule has 1 aromatic carbocycles. The number of benzene rings is 1. The van der Waals surface area contributed by atoms with Crippen LogP contribution in [-0.2, 0) is 5.88 Å². The Hall–Kier alpha value is -1.46. The molecular weight excluding hydrogens is 314 g/mol. The van der Waals surface area contributed by atoms with Crippen LogP contribution in [0.2, 0.25) is 0 Å². The van der Waals surface area contributed by atoms with Gasteiger partial charge in [-0.25, -0.2) is 0 Å². The SMILES string of the molecule is Cl.FC(F)(F)Oc1ccc(-c2ccc(CCl)cc2)nc1. The molecule has 2 rings (SSSR count). The van der Waals surface area contributed by atoms with E-state index in [1.54, 1.807) is 0 Å². The van der Waals surface area contributed by atoms with Gasteiger partial charge < -0.3 is 4.74 Å². The minimum Gasteiger partial charge on any atom is -0.404 e.